The van der Waals surface area contributed by atoms with Gasteiger partial charge in [0.25, 0.3) is 0 Å². The molecule has 1 N–H and O–H groups in total. The number of carbonyl (C=O) groups excluding carboxylic acids is 2. The normalized spacial score (nSPS) is 16.7. The number of amides is 2. The Morgan fingerprint density at radius 1 is 1.31 bits per heavy atom. The summed E-state index contributed by atoms with van der Waals surface area (Å²) < 4.78 is 1.95. The van der Waals surface area contributed by atoms with Crippen molar-refractivity contribution < 1.29 is 9.59 Å². The molecule has 2 aromatic heterocycles. The molecule has 26 heavy (non-hydrogen) atoms. The first-order valence-corrected chi connectivity index (χ1v) is 8.94. The number of imidazole rings is 1. The van der Waals surface area contributed by atoms with E-state index in [-0.39, 0.29) is 17.9 Å². The third kappa shape index (κ3) is 4.65. The Morgan fingerprint density at radius 3 is 2.96 bits per heavy atom. The van der Waals surface area contributed by atoms with E-state index >= 15 is 0 Å². The lowest BCUT2D eigenvalue weighted by Crippen LogP contribution is -2.29. The molecular weight excluding hydrogens is 332 g/mol. The fraction of sp³-hybridized carbons (Fsp3) is 0.500. The molecule has 0 aromatic carbocycles. The minimum atomic E-state index is -0.0106. The maximum Gasteiger partial charge on any atom is 0.220 e. The number of carbonyl (C=O) groups is 2. The molecular formula is C18H24N6O2. The number of rotatable bonds is 7. The van der Waals surface area contributed by atoms with Gasteiger partial charge >= 0.3 is 0 Å². The van der Waals surface area contributed by atoms with Crippen LogP contribution in [0.25, 0.3) is 0 Å². The van der Waals surface area contributed by atoms with Crippen molar-refractivity contribution in [3.63, 3.8) is 0 Å². The first-order valence-electron chi connectivity index (χ1n) is 8.94. The summed E-state index contributed by atoms with van der Waals surface area (Å²) in [6.45, 7) is 3.46. The van der Waals surface area contributed by atoms with Gasteiger partial charge in [-0.2, -0.15) is 0 Å². The number of hydrogen-bond acceptors (Lipinski definition) is 5. The van der Waals surface area contributed by atoms with Gasteiger partial charge in [0, 0.05) is 38.8 Å². The summed E-state index contributed by atoms with van der Waals surface area (Å²) in [6.07, 6.45) is 11.8. The number of aryl methyl sites for hydroxylation is 1. The van der Waals surface area contributed by atoms with Crippen LogP contribution in [0.3, 0.4) is 0 Å². The van der Waals surface area contributed by atoms with Crippen LogP contribution in [0.2, 0.25) is 0 Å². The SMILES string of the molecule is CC(=O)N1CCC[C@@H]1c1cncc(CNC(=O)CCCn2ccnc2)n1. The molecule has 0 spiro atoms. The lowest BCUT2D eigenvalue weighted by atomic mass is 10.1. The van der Waals surface area contributed by atoms with E-state index in [0.717, 1.165) is 38.0 Å². The second-order valence-electron chi connectivity index (χ2n) is 6.49. The van der Waals surface area contributed by atoms with Crippen LogP contribution in [-0.4, -0.2) is 42.8 Å². The van der Waals surface area contributed by atoms with Crippen LogP contribution in [0.1, 0.15) is 50.0 Å². The van der Waals surface area contributed by atoms with Gasteiger partial charge in [0.2, 0.25) is 11.8 Å². The summed E-state index contributed by atoms with van der Waals surface area (Å²) in [4.78, 5) is 38.4. The van der Waals surface area contributed by atoms with Gasteiger partial charge in [-0.1, -0.05) is 0 Å². The molecule has 1 fully saturated rings. The number of aromatic nitrogens is 4. The Hall–Kier alpha value is -2.77. The van der Waals surface area contributed by atoms with Crippen molar-refractivity contribution in [1.82, 2.24) is 29.7 Å². The zero-order valence-corrected chi connectivity index (χ0v) is 15.0. The Kier molecular flexibility index (Phi) is 5.93. The van der Waals surface area contributed by atoms with E-state index in [1.807, 2.05) is 15.7 Å². The number of nitrogens with zero attached hydrogens (tertiary/aromatic N) is 5. The van der Waals surface area contributed by atoms with Gasteiger partial charge in [-0.25, -0.2) is 4.98 Å². The first kappa shape index (κ1) is 18.0. The van der Waals surface area contributed by atoms with Gasteiger partial charge in [-0.15, -0.1) is 0 Å². The fourth-order valence-corrected chi connectivity index (χ4v) is 3.24. The van der Waals surface area contributed by atoms with E-state index in [4.69, 9.17) is 0 Å². The van der Waals surface area contributed by atoms with Crippen LogP contribution in [0.5, 0.6) is 0 Å². The molecule has 8 heteroatoms. The quantitative estimate of drug-likeness (QED) is 0.810. The highest BCUT2D eigenvalue weighted by molar-refractivity contribution is 5.75. The molecule has 0 radical (unpaired) electrons. The van der Waals surface area contributed by atoms with Crippen LogP contribution in [-0.2, 0) is 22.7 Å². The van der Waals surface area contributed by atoms with Crippen LogP contribution < -0.4 is 5.32 Å². The molecule has 3 heterocycles. The second-order valence-corrected chi connectivity index (χ2v) is 6.49. The van der Waals surface area contributed by atoms with Crippen molar-refractivity contribution in [3.05, 3.63) is 42.5 Å². The number of nitrogens with one attached hydrogen (secondary N) is 1. The lowest BCUT2D eigenvalue weighted by molar-refractivity contribution is -0.129. The molecule has 0 saturated carbocycles. The van der Waals surface area contributed by atoms with Crippen molar-refractivity contribution >= 4 is 11.8 Å². The Balaban J connectivity index is 1.49. The highest BCUT2D eigenvalue weighted by Gasteiger charge is 2.29. The minimum absolute atomic E-state index is 0.00849. The van der Waals surface area contributed by atoms with Crippen molar-refractivity contribution in [2.45, 2.75) is 51.7 Å². The molecule has 0 bridgehead atoms. The molecule has 1 aliphatic heterocycles. The molecule has 2 aromatic rings. The van der Waals surface area contributed by atoms with Gasteiger partial charge in [0.15, 0.2) is 0 Å². The monoisotopic (exact) mass is 356 g/mol. The highest BCUT2D eigenvalue weighted by atomic mass is 16.2. The number of likely N-dealkylation sites (tertiary alicyclic amines) is 1. The van der Waals surface area contributed by atoms with E-state index in [9.17, 15) is 9.59 Å². The molecule has 1 atom stereocenters. The van der Waals surface area contributed by atoms with E-state index in [2.05, 4.69) is 20.3 Å². The summed E-state index contributed by atoms with van der Waals surface area (Å²) in [5.41, 5.74) is 1.51. The maximum atomic E-state index is 12.0. The maximum absolute atomic E-state index is 12.0. The third-order valence-corrected chi connectivity index (χ3v) is 4.55. The van der Waals surface area contributed by atoms with Crippen molar-refractivity contribution in [3.8, 4) is 0 Å². The van der Waals surface area contributed by atoms with Crippen LogP contribution in [0.4, 0.5) is 0 Å². The Labute approximate surface area is 152 Å². The van der Waals surface area contributed by atoms with Crippen molar-refractivity contribution in [1.29, 1.82) is 0 Å². The summed E-state index contributed by atoms with van der Waals surface area (Å²) in [5, 5.41) is 2.88. The molecule has 138 valence electrons. The molecule has 3 rings (SSSR count). The van der Waals surface area contributed by atoms with Gasteiger partial charge in [0.1, 0.15) is 0 Å². The summed E-state index contributed by atoms with van der Waals surface area (Å²) in [5.74, 6) is 0.0504. The average molecular weight is 356 g/mol. The van der Waals surface area contributed by atoms with Gasteiger partial charge in [-0.3, -0.25) is 19.6 Å². The van der Waals surface area contributed by atoms with Crippen molar-refractivity contribution in [2.24, 2.45) is 0 Å². The fourth-order valence-electron chi connectivity index (χ4n) is 3.24. The highest BCUT2D eigenvalue weighted by Crippen LogP contribution is 2.30. The summed E-state index contributed by atoms with van der Waals surface area (Å²) in [6, 6.07) is -0.00849. The van der Waals surface area contributed by atoms with E-state index in [0.29, 0.717) is 18.7 Å². The summed E-state index contributed by atoms with van der Waals surface area (Å²) in [7, 11) is 0. The number of hydrogen-bond donors (Lipinski definition) is 1. The van der Waals surface area contributed by atoms with E-state index < -0.39 is 0 Å². The van der Waals surface area contributed by atoms with Gasteiger partial charge in [0.05, 0.1) is 42.7 Å². The largest absolute Gasteiger partial charge is 0.350 e. The van der Waals surface area contributed by atoms with E-state index in [1.54, 1.807) is 31.8 Å². The van der Waals surface area contributed by atoms with Crippen LogP contribution >= 0.6 is 0 Å². The topological polar surface area (TPSA) is 93.0 Å². The first-order chi connectivity index (χ1) is 12.6. The summed E-state index contributed by atoms with van der Waals surface area (Å²) >= 11 is 0. The zero-order chi connectivity index (χ0) is 18.4. The van der Waals surface area contributed by atoms with E-state index in [1.165, 1.54) is 0 Å². The molecule has 1 saturated heterocycles. The molecule has 2 amide bonds. The molecule has 0 unspecified atom stereocenters. The minimum Gasteiger partial charge on any atom is -0.350 e. The smallest absolute Gasteiger partial charge is 0.220 e. The average Bonchev–Trinajstić information content (AvgIpc) is 3.32. The van der Waals surface area contributed by atoms with Gasteiger partial charge < -0.3 is 14.8 Å². The zero-order valence-electron chi connectivity index (χ0n) is 15.0. The molecule has 0 aliphatic carbocycles. The van der Waals surface area contributed by atoms with Crippen LogP contribution in [0.15, 0.2) is 31.1 Å². The second kappa shape index (κ2) is 8.55. The Bertz CT molecular complexity index is 746. The van der Waals surface area contributed by atoms with Gasteiger partial charge in [-0.05, 0) is 19.3 Å². The molecule has 8 nitrogen and oxygen atoms in total. The molecule has 1 aliphatic rings. The van der Waals surface area contributed by atoms with Crippen LogP contribution in [0, 0.1) is 0 Å². The predicted octanol–water partition coefficient (Wildman–Crippen LogP) is 1.45. The lowest BCUT2D eigenvalue weighted by Gasteiger charge is -2.22. The Morgan fingerprint density at radius 2 is 2.19 bits per heavy atom. The third-order valence-electron chi connectivity index (χ3n) is 4.55. The van der Waals surface area contributed by atoms with Crippen molar-refractivity contribution in [2.75, 3.05) is 6.54 Å². The standard InChI is InChI=1S/C18H24N6O2/c1-14(25)24-8-2-4-17(24)16-12-20-10-15(22-16)11-21-18(26)5-3-7-23-9-6-19-13-23/h6,9-10,12-13,17H,2-5,7-8,11H2,1H3,(H,21,26)/t17-/m1/s1. The predicted molar refractivity (Wildman–Crippen MR) is 94.7 cm³/mol.